The fraction of sp³-hybridized carbons (Fsp3) is 0.722. The average Bonchev–Trinajstić information content (AvgIpc) is 2.50. The number of carboxylic acid groups (broad SMARTS) is 1. The molecule has 0 aromatic heterocycles. The van der Waals surface area contributed by atoms with Crippen LogP contribution in [0.5, 0.6) is 0 Å². The molecule has 0 rings (SSSR count). The highest BCUT2D eigenvalue weighted by molar-refractivity contribution is 5.66. The van der Waals surface area contributed by atoms with Crippen molar-refractivity contribution in [2.75, 3.05) is 0 Å². The molecule has 5 heteroatoms. The zero-order valence-electron chi connectivity index (χ0n) is 14.4. The van der Waals surface area contributed by atoms with E-state index in [1.54, 1.807) is 0 Å². The number of quaternary nitrogens is 1. The van der Waals surface area contributed by atoms with Gasteiger partial charge in [-0.2, -0.15) is 5.23 Å². The summed E-state index contributed by atoms with van der Waals surface area (Å²) in [5, 5.41) is 28.1. The van der Waals surface area contributed by atoms with Crippen LogP contribution in [0.25, 0.3) is 0 Å². The number of hydrogen-bond donors (Lipinski definition) is 3. The molecule has 0 aliphatic carbocycles. The van der Waals surface area contributed by atoms with Gasteiger partial charge in [0, 0.05) is 12.8 Å². The topological polar surface area (TPSA) is 85.0 Å². The molecule has 1 atom stereocenters. The molecule has 0 fully saturated rings. The highest BCUT2D eigenvalue weighted by Gasteiger charge is 2.02. The van der Waals surface area contributed by atoms with Crippen molar-refractivity contribution in [3.05, 3.63) is 29.1 Å². The molecule has 0 saturated carbocycles. The van der Waals surface area contributed by atoms with Gasteiger partial charge < -0.3 is 10.3 Å². The molecule has 0 aliphatic heterocycles. The molecule has 134 valence electrons. The first-order valence-electron chi connectivity index (χ1n) is 8.87. The molecule has 0 saturated heterocycles. The van der Waals surface area contributed by atoms with Crippen molar-refractivity contribution >= 4 is 5.97 Å². The van der Waals surface area contributed by atoms with Crippen LogP contribution >= 0.6 is 0 Å². The molecule has 23 heavy (non-hydrogen) atoms. The van der Waals surface area contributed by atoms with Crippen molar-refractivity contribution in [3.8, 4) is 0 Å². The maximum absolute atomic E-state index is 11.2. The third-order valence-corrected chi connectivity index (χ3v) is 3.74. The zero-order valence-corrected chi connectivity index (χ0v) is 14.4. The van der Waals surface area contributed by atoms with E-state index < -0.39 is 11.2 Å². The first-order valence-corrected chi connectivity index (χ1v) is 8.87. The van der Waals surface area contributed by atoms with Crippen LogP contribution in [-0.2, 0) is 4.79 Å². The molecule has 0 aliphatic rings. The van der Waals surface area contributed by atoms with Gasteiger partial charge in [-0.25, -0.2) is 5.21 Å². The Balaban J connectivity index is 3.79. The van der Waals surface area contributed by atoms with Crippen LogP contribution < -0.4 is 5.23 Å². The maximum Gasteiger partial charge on any atom is 0.303 e. The van der Waals surface area contributed by atoms with Crippen LogP contribution in [0.1, 0.15) is 84.0 Å². The molecule has 0 amide bonds. The minimum atomic E-state index is -0.829. The SMILES string of the molecule is CCCCCC=CCC(=CCCCCCCCC(=O)O)[NH+]([O-])O. The Kier molecular flexibility index (Phi) is 14.9. The van der Waals surface area contributed by atoms with Crippen LogP contribution in [0.3, 0.4) is 0 Å². The average molecular weight is 327 g/mol. The Bertz CT molecular complexity index is 351. The van der Waals surface area contributed by atoms with Gasteiger partial charge in [0.25, 0.3) is 0 Å². The van der Waals surface area contributed by atoms with Crippen molar-refractivity contribution < 1.29 is 20.3 Å². The quantitative estimate of drug-likeness (QED) is 0.241. The number of carbonyl (C=O) groups is 1. The van der Waals surface area contributed by atoms with E-state index in [9.17, 15) is 15.2 Å². The molecule has 0 spiro atoms. The lowest BCUT2D eigenvalue weighted by atomic mass is 10.1. The number of aliphatic carboxylic acids is 1. The summed E-state index contributed by atoms with van der Waals surface area (Å²) in [6, 6.07) is 0. The Morgan fingerprint density at radius 3 is 2.30 bits per heavy atom. The lowest BCUT2D eigenvalue weighted by molar-refractivity contribution is -1.01. The van der Waals surface area contributed by atoms with E-state index in [1.807, 2.05) is 12.2 Å². The largest absolute Gasteiger partial charge is 0.595 e. The lowest BCUT2D eigenvalue weighted by Crippen LogP contribution is -3.02. The van der Waals surface area contributed by atoms with Crippen molar-refractivity contribution in [3.63, 3.8) is 0 Å². The number of carboxylic acids is 1. The Labute approximate surface area is 140 Å². The number of nitrogens with one attached hydrogen (secondary N) is 1. The van der Waals surface area contributed by atoms with Gasteiger partial charge in [-0.1, -0.05) is 51.2 Å². The fourth-order valence-electron chi connectivity index (χ4n) is 2.33. The molecule has 0 radical (unpaired) electrons. The smallest absolute Gasteiger partial charge is 0.303 e. The van der Waals surface area contributed by atoms with E-state index in [-0.39, 0.29) is 6.42 Å². The minimum Gasteiger partial charge on any atom is -0.595 e. The second kappa shape index (κ2) is 15.7. The number of hydroxylamine groups is 2. The normalized spacial score (nSPS) is 13.6. The van der Waals surface area contributed by atoms with Gasteiger partial charge in [0.05, 0.1) is 0 Å². The second-order valence-corrected chi connectivity index (χ2v) is 5.91. The third kappa shape index (κ3) is 15.5. The van der Waals surface area contributed by atoms with Gasteiger partial charge in [-0.15, -0.1) is 0 Å². The van der Waals surface area contributed by atoms with E-state index in [0.717, 1.165) is 44.9 Å². The monoisotopic (exact) mass is 327 g/mol. The second-order valence-electron chi connectivity index (χ2n) is 5.91. The molecular formula is C18H33NO4. The van der Waals surface area contributed by atoms with E-state index in [0.29, 0.717) is 12.1 Å². The highest BCUT2D eigenvalue weighted by Crippen LogP contribution is 2.09. The van der Waals surface area contributed by atoms with Gasteiger partial charge in [0.2, 0.25) is 0 Å². The fourth-order valence-corrected chi connectivity index (χ4v) is 2.33. The molecule has 0 bridgehead atoms. The molecule has 0 aromatic rings. The summed E-state index contributed by atoms with van der Waals surface area (Å²) in [7, 11) is 0. The third-order valence-electron chi connectivity index (χ3n) is 3.74. The van der Waals surface area contributed by atoms with Crippen molar-refractivity contribution in [2.24, 2.45) is 0 Å². The molecule has 1 unspecified atom stereocenters. The van der Waals surface area contributed by atoms with E-state index >= 15 is 0 Å². The lowest BCUT2D eigenvalue weighted by Gasteiger charge is -2.14. The summed E-state index contributed by atoms with van der Waals surface area (Å²) in [6.45, 7) is 2.17. The summed E-state index contributed by atoms with van der Waals surface area (Å²) in [6.07, 6.45) is 16.7. The Hall–Kier alpha value is -1.17. The first kappa shape index (κ1) is 21.8. The molecule has 0 aromatic carbocycles. The van der Waals surface area contributed by atoms with Crippen molar-refractivity contribution in [1.29, 1.82) is 0 Å². The van der Waals surface area contributed by atoms with Crippen LogP contribution in [0, 0.1) is 5.21 Å². The van der Waals surface area contributed by atoms with Gasteiger partial charge in [-0.05, 0) is 38.2 Å². The van der Waals surface area contributed by atoms with Gasteiger partial charge in [-0.3, -0.25) is 4.79 Å². The Morgan fingerprint density at radius 2 is 1.65 bits per heavy atom. The standard InChI is InChI=1S/C18H33NO4/c1-2-3-4-5-8-11-14-17(19(22)23)15-12-9-6-7-10-13-16-18(20)21/h8,11,15,19,22H,2-7,9-10,12-14,16H2,1H3,(H,20,21). The van der Waals surface area contributed by atoms with Gasteiger partial charge >= 0.3 is 5.97 Å². The number of unbranched alkanes of at least 4 members (excludes halogenated alkanes) is 8. The van der Waals surface area contributed by atoms with Crippen LogP contribution in [0.2, 0.25) is 0 Å². The Morgan fingerprint density at radius 1 is 1.00 bits per heavy atom. The van der Waals surface area contributed by atoms with Crippen LogP contribution in [0.15, 0.2) is 23.9 Å². The summed E-state index contributed by atoms with van der Waals surface area (Å²) in [5.41, 5.74) is 0.475. The number of allylic oxidation sites excluding steroid dienone is 3. The van der Waals surface area contributed by atoms with E-state index in [1.165, 1.54) is 19.3 Å². The van der Waals surface area contributed by atoms with E-state index in [2.05, 4.69) is 13.0 Å². The van der Waals surface area contributed by atoms with Crippen LogP contribution in [-0.4, -0.2) is 16.3 Å². The van der Waals surface area contributed by atoms with Crippen molar-refractivity contribution in [1.82, 2.24) is 0 Å². The van der Waals surface area contributed by atoms with Crippen LogP contribution in [0.4, 0.5) is 0 Å². The number of hydrogen-bond acceptors (Lipinski definition) is 3. The molecule has 0 heterocycles. The molecular weight excluding hydrogens is 294 g/mol. The summed E-state index contributed by atoms with van der Waals surface area (Å²) < 4.78 is 0. The van der Waals surface area contributed by atoms with E-state index in [4.69, 9.17) is 5.11 Å². The maximum atomic E-state index is 11.2. The predicted octanol–water partition coefficient (Wildman–Crippen LogP) is 3.98. The highest BCUT2D eigenvalue weighted by atomic mass is 16.8. The number of rotatable bonds is 15. The minimum absolute atomic E-state index is 0.244. The summed E-state index contributed by atoms with van der Waals surface area (Å²) in [5.74, 6) is -0.734. The molecule has 5 nitrogen and oxygen atoms in total. The predicted molar refractivity (Wildman–Crippen MR) is 92.1 cm³/mol. The van der Waals surface area contributed by atoms with Gasteiger partial charge in [0.1, 0.15) is 5.70 Å². The molecule has 3 N–H and O–H groups in total. The van der Waals surface area contributed by atoms with Crippen molar-refractivity contribution in [2.45, 2.75) is 84.0 Å². The first-order chi connectivity index (χ1) is 11.1. The summed E-state index contributed by atoms with van der Waals surface area (Å²) in [4.78, 5) is 10.4. The van der Waals surface area contributed by atoms with Gasteiger partial charge in [0.15, 0.2) is 0 Å². The zero-order chi connectivity index (χ0) is 17.3. The summed E-state index contributed by atoms with van der Waals surface area (Å²) >= 11 is 0.